The maximum Gasteiger partial charge on any atom is 0.251 e. The largest absolute Gasteiger partial charge is 0.381 e. The van der Waals surface area contributed by atoms with Crippen molar-refractivity contribution in [2.24, 2.45) is 5.92 Å². The first-order chi connectivity index (χ1) is 20.4. The van der Waals surface area contributed by atoms with Gasteiger partial charge in [0, 0.05) is 52.8 Å². The molecule has 2 aromatic carbocycles. The molecule has 42 heavy (non-hydrogen) atoms. The second-order valence-corrected chi connectivity index (χ2v) is 12.6. The van der Waals surface area contributed by atoms with Crippen molar-refractivity contribution in [3.63, 3.8) is 0 Å². The molecule has 3 aliphatic rings. The van der Waals surface area contributed by atoms with Gasteiger partial charge < -0.3 is 15.4 Å². The van der Waals surface area contributed by atoms with Crippen molar-refractivity contribution in [1.29, 1.82) is 0 Å². The number of unbranched alkanes of at least 4 members (excludes halogenated alkanes) is 2. The van der Waals surface area contributed by atoms with Gasteiger partial charge >= 0.3 is 0 Å². The second kappa shape index (κ2) is 14.6. The molecule has 2 fully saturated rings. The third-order valence-electron chi connectivity index (χ3n) is 8.56. The molecule has 6 heteroatoms. The molecule has 1 aliphatic carbocycles. The fourth-order valence-corrected chi connectivity index (χ4v) is 6.62. The van der Waals surface area contributed by atoms with Crippen LogP contribution in [0.5, 0.6) is 0 Å². The first kappa shape index (κ1) is 30.7. The summed E-state index contributed by atoms with van der Waals surface area (Å²) < 4.78 is 5.59. The fraction of sp³-hybridized carbons (Fsp3) is 0.417. The Bertz CT molecular complexity index is 1400. The zero-order valence-corrected chi connectivity index (χ0v) is 26.3. The van der Waals surface area contributed by atoms with Crippen LogP contribution in [0, 0.1) is 12.8 Å². The highest BCUT2D eigenvalue weighted by Crippen LogP contribution is 2.41. The van der Waals surface area contributed by atoms with E-state index in [-0.39, 0.29) is 5.91 Å². The normalized spacial score (nSPS) is 19.0. The van der Waals surface area contributed by atoms with Crippen LogP contribution in [0.2, 0.25) is 10.0 Å². The predicted molar refractivity (Wildman–Crippen MR) is 175 cm³/mol. The van der Waals surface area contributed by atoms with E-state index in [0.717, 1.165) is 78.2 Å². The minimum atomic E-state index is -0.0411. The smallest absolute Gasteiger partial charge is 0.251 e. The Hall–Kier alpha value is -2.79. The summed E-state index contributed by atoms with van der Waals surface area (Å²) in [6.45, 7) is 6.74. The number of halogens is 2. The Morgan fingerprint density at radius 3 is 2.60 bits per heavy atom. The molecule has 0 spiro atoms. The van der Waals surface area contributed by atoms with Gasteiger partial charge in [-0.05, 0) is 128 Å². The molecule has 1 saturated carbocycles. The number of hydrogen-bond acceptors (Lipinski definition) is 3. The fourth-order valence-electron chi connectivity index (χ4n) is 6.09. The average Bonchev–Trinajstić information content (AvgIpc) is 3.84. The summed E-state index contributed by atoms with van der Waals surface area (Å²) in [7, 11) is 0. The first-order valence-corrected chi connectivity index (χ1v) is 16.2. The molecule has 2 N–H and O–H groups in total. The Kier molecular flexibility index (Phi) is 10.7. The van der Waals surface area contributed by atoms with Gasteiger partial charge in [-0.1, -0.05) is 54.6 Å². The molecule has 0 radical (unpaired) electrons. The molecule has 4 nitrogen and oxygen atoms in total. The van der Waals surface area contributed by atoms with Crippen LogP contribution < -0.4 is 10.6 Å². The predicted octanol–water partition coefficient (Wildman–Crippen LogP) is 9.32. The number of allylic oxidation sites excluding steroid dienone is 4. The Morgan fingerprint density at radius 1 is 1.00 bits per heavy atom. The van der Waals surface area contributed by atoms with Crippen LogP contribution in [0.4, 0.5) is 0 Å². The van der Waals surface area contributed by atoms with E-state index < -0.39 is 0 Å². The number of benzene rings is 2. The van der Waals surface area contributed by atoms with Crippen molar-refractivity contribution in [2.75, 3.05) is 19.8 Å². The van der Waals surface area contributed by atoms with Crippen molar-refractivity contribution >= 4 is 34.7 Å². The van der Waals surface area contributed by atoms with Crippen LogP contribution in [-0.2, 0) is 4.74 Å². The molecule has 5 rings (SSSR count). The van der Waals surface area contributed by atoms with Gasteiger partial charge in [0.15, 0.2) is 0 Å². The van der Waals surface area contributed by atoms with E-state index in [1.165, 1.54) is 43.4 Å². The third kappa shape index (κ3) is 7.98. The maximum atomic E-state index is 13.3. The molecule has 0 aromatic heterocycles. The molecule has 222 valence electrons. The van der Waals surface area contributed by atoms with Crippen LogP contribution in [0.3, 0.4) is 0 Å². The van der Waals surface area contributed by atoms with E-state index in [1.54, 1.807) is 6.07 Å². The SMILES string of the molecule is C/C(C1=CC=CNC1=C1CC1)=C(/c1cc(Cl)cc(Cl)c1)c1cc(C(=O)NCCCCCC2CCCOCC2)ccc1C. The summed E-state index contributed by atoms with van der Waals surface area (Å²) >= 11 is 13.0. The van der Waals surface area contributed by atoms with Gasteiger partial charge in [-0.3, -0.25) is 4.79 Å². The lowest BCUT2D eigenvalue weighted by molar-refractivity contribution is 0.0952. The van der Waals surface area contributed by atoms with Crippen molar-refractivity contribution in [1.82, 2.24) is 10.6 Å². The topological polar surface area (TPSA) is 50.4 Å². The maximum absolute atomic E-state index is 13.3. The van der Waals surface area contributed by atoms with Gasteiger partial charge in [0.2, 0.25) is 0 Å². The number of amides is 1. The van der Waals surface area contributed by atoms with E-state index in [1.807, 2.05) is 42.6 Å². The summed E-state index contributed by atoms with van der Waals surface area (Å²) in [5, 5.41) is 7.79. The van der Waals surface area contributed by atoms with Crippen LogP contribution in [0.1, 0.15) is 91.8 Å². The lowest BCUT2D eigenvalue weighted by Gasteiger charge is -2.22. The molecule has 0 bridgehead atoms. The van der Waals surface area contributed by atoms with Gasteiger partial charge in [0.25, 0.3) is 5.91 Å². The lowest BCUT2D eigenvalue weighted by Crippen LogP contribution is -2.24. The summed E-state index contributed by atoms with van der Waals surface area (Å²) in [5.41, 5.74) is 9.58. The van der Waals surface area contributed by atoms with Crippen molar-refractivity contribution in [3.05, 3.63) is 109 Å². The van der Waals surface area contributed by atoms with Crippen molar-refractivity contribution in [2.45, 2.75) is 71.6 Å². The molecule has 1 saturated heterocycles. The number of ether oxygens (including phenoxy) is 1. The summed E-state index contributed by atoms with van der Waals surface area (Å²) in [5.74, 6) is 0.751. The quantitative estimate of drug-likeness (QED) is 0.266. The number of nitrogens with one attached hydrogen (secondary N) is 2. The highest BCUT2D eigenvalue weighted by atomic mass is 35.5. The van der Waals surface area contributed by atoms with Crippen LogP contribution in [0.15, 0.2) is 77.2 Å². The van der Waals surface area contributed by atoms with Gasteiger partial charge in [-0.15, -0.1) is 0 Å². The average molecular weight is 606 g/mol. The van der Waals surface area contributed by atoms with Crippen molar-refractivity contribution in [3.8, 4) is 0 Å². The van der Waals surface area contributed by atoms with E-state index >= 15 is 0 Å². The second-order valence-electron chi connectivity index (χ2n) is 11.8. The van der Waals surface area contributed by atoms with E-state index in [0.29, 0.717) is 22.2 Å². The minimum absolute atomic E-state index is 0.0411. The summed E-state index contributed by atoms with van der Waals surface area (Å²) in [4.78, 5) is 13.3. The number of carbonyl (C=O) groups excluding carboxylic acids is 1. The highest BCUT2D eigenvalue weighted by molar-refractivity contribution is 6.35. The summed E-state index contributed by atoms with van der Waals surface area (Å²) in [6, 6.07) is 11.6. The Morgan fingerprint density at radius 2 is 1.81 bits per heavy atom. The standard InChI is InChI=1S/C36H42Cl2N2O2/c1-24-11-12-28(36(41)40-16-5-3-4-8-26-9-7-18-42-19-15-26)22-33(24)34(29-20-30(37)23-31(38)21-29)25(2)32-10-6-17-39-35(32)27-13-14-27/h6,10-12,17,20-23,26,39H,3-5,7-9,13-16,18-19H2,1-2H3,(H,40,41)/b34-25+. The number of rotatable bonds is 10. The van der Waals surface area contributed by atoms with Gasteiger partial charge in [-0.25, -0.2) is 0 Å². The van der Waals surface area contributed by atoms with E-state index in [9.17, 15) is 4.79 Å². The molecule has 1 amide bonds. The van der Waals surface area contributed by atoms with Gasteiger partial charge in [-0.2, -0.15) is 0 Å². The van der Waals surface area contributed by atoms with Gasteiger partial charge in [0.05, 0.1) is 0 Å². The molecule has 1 atom stereocenters. The van der Waals surface area contributed by atoms with Crippen LogP contribution in [-0.4, -0.2) is 25.7 Å². The molecular weight excluding hydrogens is 563 g/mol. The number of hydrogen-bond donors (Lipinski definition) is 2. The molecule has 1 unspecified atom stereocenters. The zero-order chi connectivity index (χ0) is 29.5. The van der Waals surface area contributed by atoms with E-state index in [4.69, 9.17) is 27.9 Å². The Balaban J connectivity index is 1.35. The van der Waals surface area contributed by atoms with Gasteiger partial charge in [0.1, 0.15) is 0 Å². The molecule has 2 heterocycles. The third-order valence-corrected chi connectivity index (χ3v) is 8.99. The minimum Gasteiger partial charge on any atom is -0.381 e. The molecular formula is C36H42Cl2N2O2. The number of aryl methyl sites for hydroxylation is 1. The summed E-state index contributed by atoms with van der Waals surface area (Å²) in [6.07, 6.45) is 16.7. The van der Waals surface area contributed by atoms with E-state index in [2.05, 4.69) is 30.6 Å². The highest BCUT2D eigenvalue weighted by Gasteiger charge is 2.25. The zero-order valence-electron chi connectivity index (χ0n) is 24.8. The van der Waals surface area contributed by atoms with Crippen LogP contribution in [0.25, 0.3) is 5.57 Å². The number of dihydropyridines is 1. The molecule has 2 aliphatic heterocycles. The monoisotopic (exact) mass is 604 g/mol. The first-order valence-electron chi connectivity index (χ1n) is 15.4. The molecule has 2 aromatic rings. The number of carbonyl (C=O) groups is 1. The van der Waals surface area contributed by atoms with Crippen molar-refractivity contribution < 1.29 is 9.53 Å². The lowest BCUT2D eigenvalue weighted by atomic mass is 9.85. The van der Waals surface area contributed by atoms with Crippen LogP contribution >= 0.6 is 23.2 Å². The Labute approximate surface area is 260 Å².